The summed E-state index contributed by atoms with van der Waals surface area (Å²) in [6, 6.07) is 5.46. The number of aromatic nitrogens is 2. The molecule has 31 heavy (non-hydrogen) atoms. The van der Waals surface area contributed by atoms with Crippen LogP contribution in [-0.2, 0) is 11.3 Å². The molecule has 8 nitrogen and oxygen atoms in total. The van der Waals surface area contributed by atoms with Crippen LogP contribution in [0.5, 0.6) is 0 Å². The zero-order chi connectivity index (χ0) is 22.0. The summed E-state index contributed by atoms with van der Waals surface area (Å²) < 4.78 is 1.97. The summed E-state index contributed by atoms with van der Waals surface area (Å²) in [7, 11) is 0. The lowest BCUT2D eigenvalue weighted by Crippen LogP contribution is -2.45. The van der Waals surface area contributed by atoms with Gasteiger partial charge in [0.05, 0.1) is 18.8 Å². The summed E-state index contributed by atoms with van der Waals surface area (Å²) in [6.07, 6.45) is 7.26. The minimum atomic E-state index is -1.06. The van der Waals surface area contributed by atoms with Crippen molar-refractivity contribution in [2.45, 2.75) is 58.2 Å². The average molecular weight is 426 g/mol. The topological polar surface area (TPSA) is 90.7 Å². The quantitative estimate of drug-likeness (QED) is 0.765. The number of carboxylic acid groups (broad SMARTS) is 1. The van der Waals surface area contributed by atoms with Gasteiger partial charge in [-0.2, -0.15) is 5.10 Å². The highest BCUT2D eigenvalue weighted by Crippen LogP contribution is 2.39. The molecule has 8 heteroatoms. The first-order valence-electron chi connectivity index (χ1n) is 11.1. The van der Waals surface area contributed by atoms with Crippen LogP contribution in [0, 0.1) is 0 Å². The molecule has 0 spiro atoms. The number of fused-ring (bicyclic) bond motifs is 1. The second-order valence-corrected chi connectivity index (χ2v) is 8.64. The van der Waals surface area contributed by atoms with E-state index in [1.807, 2.05) is 42.2 Å². The van der Waals surface area contributed by atoms with Gasteiger partial charge in [0.2, 0.25) is 5.91 Å². The Bertz CT molecular complexity index is 950. The number of carbonyl (C=O) groups excluding carboxylic acids is 1. The molecule has 0 radical (unpaired) electrons. The molecule has 2 atom stereocenters. The molecule has 0 aliphatic carbocycles. The second-order valence-electron chi connectivity index (χ2n) is 8.64. The smallest absolute Gasteiger partial charge is 0.405 e. The van der Waals surface area contributed by atoms with Crippen molar-refractivity contribution >= 4 is 17.7 Å². The van der Waals surface area contributed by atoms with E-state index in [0.29, 0.717) is 6.42 Å². The Morgan fingerprint density at radius 1 is 1.16 bits per heavy atom. The number of rotatable bonds is 5. The van der Waals surface area contributed by atoms with Crippen LogP contribution in [0.4, 0.5) is 10.5 Å². The van der Waals surface area contributed by atoms with E-state index in [2.05, 4.69) is 15.3 Å². The number of nitrogens with zero attached hydrogens (tertiary/aromatic N) is 4. The van der Waals surface area contributed by atoms with Crippen LogP contribution < -0.4 is 10.2 Å². The third-order valence-electron chi connectivity index (χ3n) is 6.38. The SMILES string of the molecule is CC(=O)N1c2ccc(-c3cnn(CCN4CCCCC4)c3)cc2[C@@H](NC(=O)O)C[C@H]1C. The molecule has 1 aromatic carbocycles. The molecule has 0 unspecified atom stereocenters. The number of likely N-dealkylation sites (tertiary alicyclic amines) is 1. The summed E-state index contributed by atoms with van der Waals surface area (Å²) >= 11 is 0. The number of carbonyl (C=O) groups is 2. The number of benzene rings is 1. The fourth-order valence-electron chi connectivity index (χ4n) is 4.87. The molecule has 0 bridgehead atoms. The fraction of sp³-hybridized carbons (Fsp3) is 0.522. The second kappa shape index (κ2) is 9.09. The van der Waals surface area contributed by atoms with E-state index >= 15 is 0 Å². The summed E-state index contributed by atoms with van der Waals surface area (Å²) in [5.41, 5.74) is 3.56. The molecule has 0 saturated carbocycles. The molecule has 3 heterocycles. The zero-order valence-electron chi connectivity index (χ0n) is 18.3. The molecule has 2 amide bonds. The highest BCUT2D eigenvalue weighted by Gasteiger charge is 2.33. The summed E-state index contributed by atoms with van der Waals surface area (Å²) in [5.74, 6) is -0.0409. The van der Waals surface area contributed by atoms with Crippen molar-refractivity contribution in [3.8, 4) is 11.1 Å². The van der Waals surface area contributed by atoms with Crippen molar-refractivity contribution < 1.29 is 14.7 Å². The van der Waals surface area contributed by atoms with Crippen LogP contribution in [0.2, 0.25) is 0 Å². The highest BCUT2D eigenvalue weighted by atomic mass is 16.4. The largest absolute Gasteiger partial charge is 0.465 e. The molecular formula is C23H31N5O3. The first kappa shape index (κ1) is 21.4. The van der Waals surface area contributed by atoms with E-state index in [1.165, 1.54) is 32.4 Å². The minimum Gasteiger partial charge on any atom is -0.465 e. The predicted octanol–water partition coefficient (Wildman–Crippen LogP) is 3.49. The molecule has 1 aromatic heterocycles. The lowest BCUT2D eigenvalue weighted by molar-refractivity contribution is -0.117. The number of anilines is 1. The summed E-state index contributed by atoms with van der Waals surface area (Å²) in [5, 5.41) is 16.4. The van der Waals surface area contributed by atoms with Gasteiger partial charge in [-0.25, -0.2) is 4.79 Å². The van der Waals surface area contributed by atoms with Gasteiger partial charge in [-0.1, -0.05) is 12.5 Å². The Balaban J connectivity index is 1.56. The van der Waals surface area contributed by atoms with Gasteiger partial charge in [-0.15, -0.1) is 0 Å². The average Bonchev–Trinajstić information content (AvgIpc) is 3.21. The molecule has 2 N–H and O–H groups in total. The Morgan fingerprint density at radius 3 is 2.65 bits per heavy atom. The first-order chi connectivity index (χ1) is 14.9. The van der Waals surface area contributed by atoms with Gasteiger partial charge in [0.15, 0.2) is 0 Å². The van der Waals surface area contributed by atoms with Gasteiger partial charge in [0.25, 0.3) is 0 Å². The normalized spacial score (nSPS) is 21.5. The van der Waals surface area contributed by atoms with E-state index in [9.17, 15) is 14.7 Å². The standard InChI is InChI=1S/C23H31N5O3/c1-16-12-21(25-23(30)31)20-13-18(6-7-22(20)28(16)17(2)29)19-14-24-27(15-19)11-10-26-8-4-3-5-9-26/h6-7,13-16,21,25H,3-5,8-12H2,1-2H3,(H,30,31)/t16-,21+/m1/s1. The molecule has 2 aliphatic heterocycles. The number of hydrogen-bond acceptors (Lipinski definition) is 4. The number of piperidine rings is 1. The molecule has 1 saturated heterocycles. The van der Waals surface area contributed by atoms with Crippen molar-refractivity contribution in [2.24, 2.45) is 0 Å². The Kier molecular flexibility index (Phi) is 6.27. The molecule has 2 aromatic rings. The van der Waals surface area contributed by atoms with Crippen molar-refractivity contribution in [2.75, 3.05) is 24.5 Å². The van der Waals surface area contributed by atoms with Crippen molar-refractivity contribution in [1.29, 1.82) is 0 Å². The van der Waals surface area contributed by atoms with Gasteiger partial charge >= 0.3 is 6.09 Å². The third kappa shape index (κ3) is 4.74. The lowest BCUT2D eigenvalue weighted by Gasteiger charge is -2.39. The van der Waals surface area contributed by atoms with Crippen LogP contribution in [0.3, 0.4) is 0 Å². The summed E-state index contributed by atoms with van der Waals surface area (Å²) in [4.78, 5) is 27.8. The summed E-state index contributed by atoms with van der Waals surface area (Å²) in [6.45, 7) is 7.68. The van der Waals surface area contributed by atoms with E-state index in [0.717, 1.165) is 35.5 Å². The minimum absolute atomic E-state index is 0.0409. The van der Waals surface area contributed by atoms with E-state index in [-0.39, 0.29) is 18.0 Å². The zero-order valence-corrected chi connectivity index (χ0v) is 18.3. The predicted molar refractivity (Wildman–Crippen MR) is 119 cm³/mol. The fourth-order valence-corrected chi connectivity index (χ4v) is 4.87. The Labute approximate surface area is 182 Å². The molecule has 4 rings (SSSR count). The number of amides is 2. The maximum absolute atomic E-state index is 12.2. The molecular weight excluding hydrogens is 394 g/mol. The van der Waals surface area contributed by atoms with Crippen LogP contribution >= 0.6 is 0 Å². The molecule has 1 fully saturated rings. The monoisotopic (exact) mass is 425 g/mol. The maximum Gasteiger partial charge on any atom is 0.405 e. The number of nitrogens with one attached hydrogen (secondary N) is 1. The van der Waals surface area contributed by atoms with Crippen molar-refractivity contribution in [3.05, 3.63) is 36.2 Å². The first-order valence-corrected chi connectivity index (χ1v) is 11.1. The van der Waals surface area contributed by atoms with E-state index in [4.69, 9.17) is 0 Å². The van der Waals surface area contributed by atoms with Gasteiger partial charge in [-0.05, 0) is 62.5 Å². The highest BCUT2D eigenvalue weighted by molar-refractivity contribution is 5.94. The van der Waals surface area contributed by atoms with E-state index in [1.54, 1.807) is 11.8 Å². The Morgan fingerprint density at radius 2 is 1.94 bits per heavy atom. The van der Waals surface area contributed by atoms with Crippen LogP contribution in [0.1, 0.15) is 51.1 Å². The van der Waals surface area contributed by atoms with Gasteiger partial charge in [-0.3, -0.25) is 9.48 Å². The van der Waals surface area contributed by atoms with E-state index < -0.39 is 6.09 Å². The van der Waals surface area contributed by atoms with Crippen molar-refractivity contribution in [3.63, 3.8) is 0 Å². The van der Waals surface area contributed by atoms with Crippen LogP contribution in [0.15, 0.2) is 30.6 Å². The molecule has 166 valence electrons. The van der Waals surface area contributed by atoms with Gasteiger partial charge < -0.3 is 20.2 Å². The molecule has 2 aliphatic rings. The van der Waals surface area contributed by atoms with Crippen molar-refractivity contribution in [1.82, 2.24) is 20.0 Å². The van der Waals surface area contributed by atoms with Crippen LogP contribution in [0.25, 0.3) is 11.1 Å². The third-order valence-corrected chi connectivity index (χ3v) is 6.38. The van der Waals surface area contributed by atoms with Gasteiger partial charge in [0.1, 0.15) is 0 Å². The maximum atomic E-state index is 12.2. The van der Waals surface area contributed by atoms with Gasteiger partial charge in [0, 0.05) is 37.0 Å². The number of hydrogen-bond donors (Lipinski definition) is 2. The lowest BCUT2D eigenvalue weighted by atomic mass is 9.89. The van der Waals surface area contributed by atoms with Crippen LogP contribution in [-0.4, -0.2) is 57.5 Å². The Hall–Kier alpha value is -2.87.